The molecule has 0 saturated heterocycles. The number of anilines is 2. The van der Waals surface area contributed by atoms with E-state index in [0.717, 1.165) is 16.0 Å². The zero-order chi connectivity index (χ0) is 18.3. The number of nitrogens with one attached hydrogen (secondary N) is 1. The van der Waals surface area contributed by atoms with Crippen molar-refractivity contribution in [3.05, 3.63) is 68.3 Å². The third kappa shape index (κ3) is 3.25. The molecule has 128 valence electrons. The van der Waals surface area contributed by atoms with Gasteiger partial charge < -0.3 is 5.32 Å². The minimum Gasteiger partial charge on any atom is -0.350 e. The summed E-state index contributed by atoms with van der Waals surface area (Å²) < 4.78 is 0. The molecule has 0 radical (unpaired) electrons. The highest BCUT2D eigenvalue weighted by Gasteiger charge is 2.40. The van der Waals surface area contributed by atoms with Crippen molar-refractivity contribution in [3.8, 4) is 0 Å². The van der Waals surface area contributed by atoms with Gasteiger partial charge in [0, 0.05) is 5.69 Å². The van der Waals surface area contributed by atoms with Crippen LogP contribution in [0, 0.1) is 13.8 Å². The molecule has 0 unspecified atom stereocenters. The van der Waals surface area contributed by atoms with Crippen LogP contribution in [-0.4, -0.2) is 11.8 Å². The van der Waals surface area contributed by atoms with Gasteiger partial charge in [0.15, 0.2) is 0 Å². The third-order valence-corrected chi connectivity index (χ3v) is 4.85. The van der Waals surface area contributed by atoms with Gasteiger partial charge in [-0.1, -0.05) is 46.9 Å². The summed E-state index contributed by atoms with van der Waals surface area (Å²) in [6, 6.07) is 10.4. The Bertz CT molecular complexity index is 918. The molecule has 0 spiro atoms. The number of amides is 2. The average molecular weight is 396 g/mol. The summed E-state index contributed by atoms with van der Waals surface area (Å²) in [4.78, 5) is 26.2. The molecule has 2 amide bonds. The van der Waals surface area contributed by atoms with Gasteiger partial charge in [0.1, 0.15) is 10.7 Å². The summed E-state index contributed by atoms with van der Waals surface area (Å²) in [5.74, 6) is -1.24. The molecule has 0 aliphatic carbocycles. The molecular weight excluding hydrogens is 383 g/mol. The van der Waals surface area contributed by atoms with Gasteiger partial charge in [-0.25, -0.2) is 4.90 Å². The second-order valence-electron chi connectivity index (χ2n) is 5.71. The molecule has 2 aromatic carbocycles. The van der Waals surface area contributed by atoms with Crippen LogP contribution >= 0.6 is 34.8 Å². The molecule has 4 nitrogen and oxygen atoms in total. The summed E-state index contributed by atoms with van der Waals surface area (Å²) >= 11 is 18.2. The first kappa shape index (κ1) is 17.8. The van der Waals surface area contributed by atoms with Crippen LogP contribution < -0.4 is 10.2 Å². The van der Waals surface area contributed by atoms with Gasteiger partial charge in [0.2, 0.25) is 0 Å². The van der Waals surface area contributed by atoms with Crippen LogP contribution in [-0.2, 0) is 9.59 Å². The number of carbonyl (C=O) groups is 2. The van der Waals surface area contributed by atoms with Crippen molar-refractivity contribution in [2.75, 3.05) is 10.2 Å². The highest BCUT2D eigenvalue weighted by atomic mass is 35.5. The first-order chi connectivity index (χ1) is 11.8. The lowest BCUT2D eigenvalue weighted by Gasteiger charge is -2.17. The van der Waals surface area contributed by atoms with Crippen LogP contribution in [0.15, 0.2) is 47.1 Å². The van der Waals surface area contributed by atoms with Gasteiger partial charge >= 0.3 is 0 Å². The smallest absolute Gasteiger partial charge is 0.283 e. The Labute approximate surface area is 160 Å². The van der Waals surface area contributed by atoms with Gasteiger partial charge in [0.05, 0.1) is 15.7 Å². The van der Waals surface area contributed by atoms with E-state index in [9.17, 15) is 9.59 Å². The normalized spacial score (nSPS) is 14.5. The van der Waals surface area contributed by atoms with Crippen LogP contribution in [0.3, 0.4) is 0 Å². The Balaban J connectivity index is 1.98. The fourth-order valence-corrected chi connectivity index (χ4v) is 3.28. The third-order valence-electron chi connectivity index (χ3n) is 3.69. The maximum atomic E-state index is 12.8. The minimum atomic E-state index is -0.650. The zero-order valence-electron chi connectivity index (χ0n) is 13.4. The van der Waals surface area contributed by atoms with Crippen molar-refractivity contribution in [1.29, 1.82) is 0 Å². The predicted octanol–water partition coefficient (Wildman–Crippen LogP) is 5.05. The van der Waals surface area contributed by atoms with E-state index < -0.39 is 11.8 Å². The number of hydrogen-bond donors (Lipinski definition) is 1. The van der Waals surface area contributed by atoms with Crippen molar-refractivity contribution in [2.45, 2.75) is 13.8 Å². The number of halogens is 3. The topological polar surface area (TPSA) is 49.4 Å². The Hall–Kier alpha value is -2.01. The molecule has 25 heavy (non-hydrogen) atoms. The maximum Gasteiger partial charge on any atom is 0.283 e. The van der Waals surface area contributed by atoms with E-state index in [1.807, 2.05) is 32.0 Å². The molecule has 1 aliphatic rings. The van der Waals surface area contributed by atoms with Gasteiger partial charge in [-0.15, -0.1) is 0 Å². The second kappa shape index (κ2) is 6.71. The molecular formula is C18H13Cl3N2O2. The minimum absolute atomic E-state index is 0.00714. The number of imide groups is 1. The lowest BCUT2D eigenvalue weighted by atomic mass is 10.1. The molecule has 1 heterocycles. The fourth-order valence-electron chi connectivity index (χ4n) is 2.69. The highest BCUT2D eigenvalue weighted by molar-refractivity contribution is 6.54. The first-order valence-corrected chi connectivity index (χ1v) is 8.51. The van der Waals surface area contributed by atoms with E-state index in [0.29, 0.717) is 5.69 Å². The lowest BCUT2D eigenvalue weighted by Crippen LogP contribution is -2.32. The molecule has 1 aliphatic heterocycles. The van der Waals surface area contributed by atoms with E-state index in [4.69, 9.17) is 34.8 Å². The monoisotopic (exact) mass is 394 g/mol. The first-order valence-electron chi connectivity index (χ1n) is 7.37. The van der Waals surface area contributed by atoms with Crippen molar-refractivity contribution in [3.63, 3.8) is 0 Å². The molecule has 0 saturated carbocycles. The van der Waals surface area contributed by atoms with Gasteiger partial charge in [-0.3, -0.25) is 9.59 Å². The molecule has 0 atom stereocenters. The summed E-state index contributed by atoms with van der Waals surface area (Å²) in [5, 5.41) is 3.11. The Morgan fingerprint density at radius 3 is 2.20 bits per heavy atom. The lowest BCUT2D eigenvalue weighted by molar-refractivity contribution is -0.120. The fraction of sp³-hybridized carbons (Fsp3) is 0.111. The summed E-state index contributed by atoms with van der Waals surface area (Å²) in [6.45, 7) is 3.88. The van der Waals surface area contributed by atoms with Crippen LogP contribution in [0.2, 0.25) is 10.0 Å². The van der Waals surface area contributed by atoms with Crippen molar-refractivity contribution in [2.24, 2.45) is 0 Å². The van der Waals surface area contributed by atoms with Crippen molar-refractivity contribution >= 4 is 58.0 Å². The van der Waals surface area contributed by atoms with Gasteiger partial charge in [-0.05, 0) is 49.2 Å². The second-order valence-corrected chi connectivity index (χ2v) is 6.87. The molecule has 0 bridgehead atoms. The zero-order valence-corrected chi connectivity index (χ0v) is 15.6. The number of benzene rings is 2. The van der Waals surface area contributed by atoms with Crippen molar-refractivity contribution < 1.29 is 9.59 Å². The number of aryl methyl sites for hydroxylation is 2. The van der Waals surface area contributed by atoms with E-state index >= 15 is 0 Å². The van der Waals surface area contributed by atoms with Crippen molar-refractivity contribution in [1.82, 2.24) is 0 Å². The van der Waals surface area contributed by atoms with E-state index in [-0.39, 0.29) is 26.5 Å². The predicted molar refractivity (Wildman–Crippen MR) is 101 cm³/mol. The number of nitrogens with zero attached hydrogens (tertiary/aromatic N) is 1. The van der Waals surface area contributed by atoms with E-state index in [2.05, 4.69) is 5.32 Å². The summed E-state index contributed by atoms with van der Waals surface area (Å²) in [6.07, 6.45) is 0. The van der Waals surface area contributed by atoms with Crippen LogP contribution in [0.5, 0.6) is 0 Å². The average Bonchev–Trinajstić information content (AvgIpc) is 2.73. The van der Waals surface area contributed by atoms with Crippen LogP contribution in [0.1, 0.15) is 11.1 Å². The molecule has 0 aromatic heterocycles. The maximum absolute atomic E-state index is 12.8. The Morgan fingerprint density at radius 1 is 0.920 bits per heavy atom. The molecule has 0 fully saturated rings. The number of rotatable bonds is 3. The Morgan fingerprint density at radius 2 is 1.56 bits per heavy atom. The SMILES string of the molecule is Cc1cc(C)cc(NC2=C(Cl)C(=O)N(c3cccc(Cl)c3Cl)C2=O)c1. The van der Waals surface area contributed by atoms with E-state index in [1.54, 1.807) is 12.1 Å². The summed E-state index contributed by atoms with van der Waals surface area (Å²) in [5.41, 5.74) is 2.91. The van der Waals surface area contributed by atoms with Crippen LogP contribution in [0.25, 0.3) is 0 Å². The van der Waals surface area contributed by atoms with E-state index in [1.165, 1.54) is 6.07 Å². The molecule has 1 N–H and O–H groups in total. The number of carbonyl (C=O) groups excluding carboxylic acids is 2. The largest absolute Gasteiger partial charge is 0.350 e. The molecule has 3 rings (SSSR count). The molecule has 2 aromatic rings. The molecule has 7 heteroatoms. The quantitative estimate of drug-likeness (QED) is 0.740. The Kier molecular flexibility index (Phi) is 4.78. The number of hydrogen-bond acceptors (Lipinski definition) is 3. The van der Waals surface area contributed by atoms with Gasteiger partial charge in [0.25, 0.3) is 11.8 Å². The highest BCUT2D eigenvalue weighted by Crippen LogP contribution is 2.37. The summed E-state index contributed by atoms with van der Waals surface area (Å²) in [7, 11) is 0. The van der Waals surface area contributed by atoms with Gasteiger partial charge in [-0.2, -0.15) is 0 Å². The standard InChI is InChI=1S/C18H13Cl3N2O2/c1-9-6-10(2)8-11(7-9)22-16-15(21)17(24)23(18(16)25)13-5-3-4-12(19)14(13)20/h3-8,22H,1-2H3. The van der Waals surface area contributed by atoms with Crippen LogP contribution in [0.4, 0.5) is 11.4 Å².